The van der Waals surface area contributed by atoms with Gasteiger partial charge in [-0.3, -0.25) is 4.57 Å². The van der Waals surface area contributed by atoms with E-state index in [2.05, 4.69) is 46.7 Å². The van der Waals surface area contributed by atoms with Gasteiger partial charge < -0.3 is 20.7 Å². The Kier molecular flexibility index (Phi) is 5.92. The quantitative estimate of drug-likeness (QED) is 0.184. The van der Waals surface area contributed by atoms with Gasteiger partial charge in [0.05, 0.1) is 4.47 Å². The van der Waals surface area contributed by atoms with Crippen LogP contribution in [0.15, 0.2) is 32.5 Å². The van der Waals surface area contributed by atoms with Crippen LogP contribution in [0.3, 0.4) is 0 Å². The van der Waals surface area contributed by atoms with Crippen molar-refractivity contribution in [2.24, 2.45) is 5.16 Å². The second kappa shape index (κ2) is 7.73. The second-order valence-corrected chi connectivity index (χ2v) is 8.27. The van der Waals surface area contributed by atoms with Crippen molar-refractivity contribution >= 4 is 40.6 Å². The smallest absolute Gasteiger partial charge is 0.203 e. The third-order valence-electron chi connectivity index (χ3n) is 2.81. The lowest BCUT2D eigenvalue weighted by atomic mass is 10.3. The fraction of sp³-hybridized carbons (Fsp3) is 0.250. The lowest BCUT2D eigenvalue weighted by molar-refractivity contribution is 0.305. The maximum Gasteiger partial charge on any atom is 0.203 e. The molecule has 0 aliphatic carbocycles. The summed E-state index contributed by atoms with van der Waals surface area (Å²) in [7, 11) is -3.17. The minimum atomic E-state index is -3.17. The lowest BCUT2D eigenvalue weighted by Crippen LogP contribution is -2.17. The molecule has 0 saturated carbocycles. The van der Waals surface area contributed by atoms with E-state index in [-0.39, 0.29) is 34.5 Å². The highest BCUT2D eigenvalue weighted by Crippen LogP contribution is 2.34. The molecule has 2 rings (SSSR count). The zero-order chi connectivity index (χ0) is 17.7. The van der Waals surface area contributed by atoms with E-state index in [1.807, 2.05) is 0 Å². The zero-order valence-corrected chi connectivity index (χ0v) is 14.9. The van der Waals surface area contributed by atoms with Crippen molar-refractivity contribution in [3.8, 4) is 0 Å². The van der Waals surface area contributed by atoms with E-state index in [4.69, 9.17) is 0 Å². The van der Waals surface area contributed by atoms with Crippen molar-refractivity contribution in [1.29, 1.82) is 0 Å². The van der Waals surface area contributed by atoms with Crippen molar-refractivity contribution in [2.45, 2.75) is 0 Å². The van der Waals surface area contributed by atoms with Crippen LogP contribution in [-0.4, -0.2) is 45.6 Å². The summed E-state index contributed by atoms with van der Waals surface area (Å²) in [6, 6.07) is 4.10. The summed E-state index contributed by atoms with van der Waals surface area (Å²) in [5.74, 6) is -0.410. The summed E-state index contributed by atoms with van der Waals surface area (Å²) in [6.07, 6.45) is 0.0171. The number of halogens is 2. The topological polar surface area (TPSA) is 133 Å². The van der Waals surface area contributed by atoms with Gasteiger partial charge in [-0.1, -0.05) is 5.16 Å². The lowest BCUT2D eigenvalue weighted by Gasteiger charge is -2.09. The highest BCUT2D eigenvalue weighted by atomic mass is 79.9. The van der Waals surface area contributed by atoms with Crippen LogP contribution in [0.1, 0.15) is 5.69 Å². The van der Waals surface area contributed by atoms with Crippen LogP contribution in [0, 0.1) is 5.82 Å². The van der Waals surface area contributed by atoms with Gasteiger partial charge in [0.25, 0.3) is 0 Å². The van der Waals surface area contributed by atoms with Crippen molar-refractivity contribution in [2.75, 3.05) is 30.0 Å². The van der Waals surface area contributed by atoms with Gasteiger partial charge >= 0.3 is 0 Å². The van der Waals surface area contributed by atoms with Gasteiger partial charge in [0, 0.05) is 25.1 Å². The SMILES string of the molecule is CP(=O)(O)CCNc1nonc1/C(=N/O)Nc1ccc(F)c(Br)c1. The Labute approximate surface area is 144 Å². The number of nitrogens with one attached hydrogen (secondary N) is 2. The first kappa shape index (κ1) is 18.4. The standard InChI is InChI=1S/C12H14BrFN5O4P/c1-24(21,22)5-4-15-11-10(18-23-19-11)12(17-20)16-7-2-3-9(14)8(13)6-7/h2-3,6,20H,4-5H2,1H3,(H,15,19)(H,16,17)(H,21,22). The number of anilines is 2. The van der Waals surface area contributed by atoms with Crippen LogP contribution in [0.4, 0.5) is 15.9 Å². The van der Waals surface area contributed by atoms with E-state index in [0.717, 1.165) is 0 Å². The molecule has 0 aliphatic rings. The molecular formula is C12H14BrFN5O4P. The molecule has 1 atom stereocenters. The molecule has 4 N–H and O–H groups in total. The van der Waals surface area contributed by atoms with Gasteiger partial charge in [-0.15, -0.1) is 0 Å². The molecular weight excluding hydrogens is 408 g/mol. The number of nitrogens with zero attached hydrogens (tertiary/aromatic N) is 3. The number of oxime groups is 1. The monoisotopic (exact) mass is 421 g/mol. The Morgan fingerprint density at radius 3 is 2.88 bits per heavy atom. The Morgan fingerprint density at radius 1 is 1.50 bits per heavy atom. The number of amidine groups is 1. The number of benzene rings is 1. The van der Waals surface area contributed by atoms with Crippen molar-refractivity contribution < 1.29 is 23.7 Å². The largest absolute Gasteiger partial charge is 0.409 e. The summed E-state index contributed by atoms with van der Waals surface area (Å²) in [4.78, 5) is 9.26. The first-order valence-corrected chi connectivity index (χ1v) is 9.69. The molecule has 1 unspecified atom stereocenters. The third kappa shape index (κ3) is 5.02. The molecule has 0 saturated heterocycles. The number of hydrogen-bond donors (Lipinski definition) is 4. The average molecular weight is 422 g/mol. The van der Waals surface area contributed by atoms with E-state index in [1.165, 1.54) is 24.9 Å². The van der Waals surface area contributed by atoms with Gasteiger partial charge in [0.1, 0.15) is 5.82 Å². The summed E-state index contributed by atoms with van der Waals surface area (Å²) >= 11 is 3.05. The van der Waals surface area contributed by atoms with Crippen molar-refractivity contribution in [3.05, 3.63) is 34.2 Å². The van der Waals surface area contributed by atoms with Crippen LogP contribution in [0.2, 0.25) is 0 Å². The predicted octanol–water partition coefficient (Wildman–Crippen LogP) is 2.53. The average Bonchev–Trinajstić information content (AvgIpc) is 2.95. The maximum absolute atomic E-state index is 13.2. The molecule has 0 aliphatic heterocycles. The maximum atomic E-state index is 13.2. The van der Waals surface area contributed by atoms with Crippen LogP contribution in [0.5, 0.6) is 0 Å². The van der Waals surface area contributed by atoms with Gasteiger partial charge in [-0.25, -0.2) is 9.02 Å². The molecule has 1 aromatic carbocycles. The van der Waals surface area contributed by atoms with Crippen molar-refractivity contribution in [3.63, 3.8) is 0 Å². The first-order chi connectivity index (χ1) is 11.3. The molecule has 24 heavy (non-hydrogen) atoms. The van der Waals surface area contributed by atoms with Gasteiger partial charge in [0.15, 0.2) is 13.1 Å². The number of rotatable bonds is 6. The van der Waals surface area contributed by atoms with E-state index in [9.17, 15) is 19.1 Å². The summed E-state index contributed by atoms with van der Waals surface area (Å²) in [6.45, 7) is 1.39. The number of aromatic nitrogens is 2. The molecule has 1 aromatic heterocycles. The Bertz CT molecular complexity index is 794. The highest BCUT2D eigenvalue weighted by Gasteiger charge is 2.19. The van der Waals surface area contributed by atoms with Crippen LogP contribution in [0.25, 0.3) is 0 Å². The fourth-order valence-corrected chi connectivity index (χ4v) is 2.59. The predicted molar refractivity (Wildman–Crippen MR) is 89.5 cm³/mol. The fourth-order valence-electron chi connectivity index (χ4n) is 1.68. The van der Waals surface area contributed by atoms with Crippen molar-refractivity contribution in [1.82, 2.24) is 10.3 Å². The van der Waals surface area contributed by atoms with Crippen LogP contribution >= 0.6 is 23.3 Å². The molecule has 0 spiro atoms. The zero-order valence-electron chi connectivity index (χ0n) is 12.4. The summed E-state index contributed by atoms with van der Waals surface area (Å²) in [5.41, 5.74) is 0.486. The third-order valence-corrected chi connectivity index (χ3v) is 4.48. The molecule has 1 heterocycles. The van der Waals surface area contributed by atoms with E-state index in [0.29, 0.717) is 5.69 Å². The van der Waals surface area contributed by atoms with Crippen LogP contribution in [-0.2, 0) is 4.57 Å². The molecule has 0 fully saturated rings. The molecule has 130 valence electrons. The Balaban J connectivity index is 2.12. The van der Waals surface area contributed by atoms with Gasteiger partial charge in [-0.2, -0.15) is 0 Å². The van der Waals surface area contributed by atoms with Gasteiger partial charge in [-0.05, 0) is 44.4 Å². The minimum absolute atomic E-state index is 0.0171. The Morgan fingerprint density at radius 2 is 2.25 bits per heavy atom. The molecule has 2 aromatic rings. The van der Waals surface area contributed by atoms with E-state index < -0.39 is 13.2 Å². The second-order valence-electron chi connectivity index (χ2n) is 4.87. The number of hydrogen-bond acceptors (Lipinski definition) is 7. The van der Waals surface area contributed by atoms with Gasteiger partial charge in [0.2, 0.25) is 11.7 Å². The van der Waals surface area contributed by atoms with Crippen LogP contribution < -0.4 is 10.6 Å². The molecule has 12 heteroatoms. The normalized spacial score (nSPS) is 14.2. The Hall–Kier alpha value is -1.97. The molecule has 0 bridgehead atoms. The van der Waals surface area contributed by atoms with E-state index >= 15 is 0 Å². The summed E-state index contributed by atoms with van der Waals surface area (Å²) < 4.78 is 29.3. The molecule has 9 nitrogen and oxygen atoms in total. The first-order valence-electron chi connectivity index (χ1n) is 6.60. The minimum Gasteiger partial charge on any atom is -0.409 e. The van der Waals surface area contributed by atoms with E-state index in [1.54, 1.807) is 0 Å². The summed E-state index contributed by atoms with van der Waals surface area (Å²) in [5, 5.41) is 25.0. The highest BCUT2D eigenvalue weighted by molar-refractivity contribution is 9.10. The molecule has 0 radical (unpaired) electrons. The molecule has 0 amide bonds.